The van der Waals surface area contributed by atoms with E-state index in [2.05, 4.69) is 17.6 Å². The number of carbonyl (C=O) groups excluding carboxylic acids is 2. The fraction of sp³-hybridized carbons (Fsp3) is 0.579. The zero-order valence-electron chi connectivity index (χ0n) is 15.0. The maximum absolute atomic E-state index is 12.6. The second kappa shape index (κ2) is 8.71. The molecule has 1 fully saturated rings. The Morgan fingerprint density at radius 1 is 1.25 bits per heavy atom. The molecule has 0 saturated carbocycles. The predicted octanol–water partition coefficient (Wildman–Crippen LogP) is 3.79. The van der Waals surface area contributed by atoms with Gasteiger partial charge in [0.1, 0.15) is 0 Å². The number of nitrogens with zero attached hydrogens (tertiary/aromatic N) is 1. The molecule has 1 saturated heterocycles. The molecule has 24 heavy (non-hydrogen) atoms. The maximum atomic E-state index is 12.6. The minimum atomic E-state index is -0.138. The lowest BCUT2D eigenvalue weighted by Crippen LogP contribution is -2.36. The summed E-state index contributed by atoms with van der Waals surface area (Å²) in [4.78, 5) is 26.4. The van der Waals surface area contributed by atoms with E-state index in [0.29, 0.717) is 11.3 Å². The Morgan fingerprint density at radius 2 is 2.04 bits per heavy atom. The molecule has 5 nitrogen and oxygen atoms in total. The van der Waals surface area contributed by atoms with Gasteiger partial charge in [-0.15, -0.1) is 0 Å². The van der Waals surface area contributed by atoms with Crippen molar-refractivity contribution in [3.05, 3.63) is 29.3 Å². The molecule has 1 atom stereocenters. The number of benzene rings is 1. The number of anilines is 1. The van der Waals surface area contributed by atoms with Gasteiger partial charge >= 0.3 is 6.03 Å². The van der Waals surface area contributed by atoms with Crippen molar-refractivity contribution in [1.82, 2.24) is 10.2 Å². The molecule has 2 rings (SSSR count). The zero-order valence-corrected chi connectivity index (χ0v) is 15.0. The van der Waals surface area contributed by atoms with E-state index in [-0.39, 0.29) is 11.9 Å². The first-order valence-corrected chi connectivity index (χ1v) is 8.94. The number of urea groups is 1. The first-order chi connectivity index (χ1) is 11.6. The van der Waals surface area contributed by atoms with E-state index in [4.69, 9.17) is 0 Å². The summed E-state index contributed by atoms with van der Waals surface area (Å²) in [6, 6.07) is 5.35. The van der Waals surface area contributed by atoms with Crippen LogP contribution in [0.1, 0.15) is 54.9 Å². The molecule has 1 heterocycles. The van der Waals surface area contributed by atoms with Crippen LogP contribution in [0.5, 0.6) is 0 Å². The zero-order chi connectivity index (χ0) is 17.5. The van der Waals surface area contributed by atoms with Gasteiger partial charge in [0, 0.05) is 31.4 Å². The molecule has 132 valence electrons. The summed E-state index contributed by atoms with van der Waals surface area (Å²) < 4.78 is 0. The van der Waals surface area contributed by atoms with Crippen molar-refractivity contribution in [2.75, 3.05) is 25.5 Å². The Hall–Kier alpha value is -2.04. The molecule has 0 radical (unpaired) electrons. The quantitative estimate of drug-likeness (QED) is 0.882. The Labute approximate surface area is 144 Å². The summed E-state index contributed by atoms with van der Waals surface area (Å²) in [5, 5.41) is 5.61. The molecule has 1 aromatic carbocycles. The molecule has 1 aliphatic heterocycles. The lowest BCUT2D eigenvalue weighted by molar-refractivity contribution is 0.0962. The molecule has 0 aliphatic carbocycles. The van der Waals surface area contributed by atoms with Crippen molar-refractivity contribution in [3.8, 4) is 0 Å². The number of hydrogen-bond donors (Lipinski definition) is 2. The Morgan fingerprint density at radius 3 is 2.75 bits per heavy atom. The fourth-order valence-corrected chi connectivity index (χ4v) is 3.41. The smallest absolute Gasteiger partial charge is 0.321 e. The van der Waals surface area contributed by atoms with E-state index in [1.165, 1.54) is 19.3 Å². The molecule has 2 N–H and O–H groups in total. The van der Waals surface area contributed by atoms with Crippen LogP contribution >= 0.6 is 0 Å². The van der Waals surface area contributed by atoms with Gasteiger partial charge in [-0.1, -0.05) is 25.8 Å². The highest BCUT2D eigenvalue weighted by Gasteiger charge is 2.21. The summed E-state index contributed by atoms with van der Waals surface area (Å²) >= 11 is 0. The first kappa shape index (κ1) is 18.3. The number of likely N-dealkylation sites (tertiary alicyclic amines) is 1. The molecule has 5 heteroatoms. The van der Waals surface area contributed by atoms with E-state index in [1.54, 1.807) is 19.2 Å². The summed E-state index contributed by atoms with van der Waals surface area (Å²) in [5.41, 5.74) is 2.09. The Bertz CT molecular complexity index is 586. The summed E-state index contributed by atoms with van der Waals surface area (Å²) in [5.74, 6) is 0.604. The maximum Gasteiger partial charge on any atom is 0.321 e. The summed E-state index contributed by atoms with van der Waals surface area (Å²) in [6.45, 7) is 5.70. The van der Waals surface area contributed by atoms with Crippen LogP contribution in [-0.2, 0) is 0 Å². The van der Waals surface area contributed by atoms with Crippen LogP contribution < -0.4 is 10.6 Å². The molecule has 0 unspecified atom stereocenters. The van der Waals surface area contributed by atoms with Gasteiger partial charge in [-0.2, -0.15) is 0 Å². The second-order valence-corrected chi connectivity index (χ2v) is 6.56. The van der Waals surface area contributed by atoms with Crippen LogP contribution in [0.4, 0.5) is 10.5 Å². The molecule has 1 aliphatic rings. The van der Waals surface area contributed by atoms with E-state index in [9.17, 15) is 9.59 Å². The highest BCUT2D eigenvalue weighted by Crippen LogP contribution is 2.23. The van der Waals surface area contributed by atoms with Crippen LogP contribution in [0, 0.1) is 12.8 Å². The summed E-state index contributed by atoms with van der Waals surface area (Å²) in [7, 11) is 1.61. The van der Waals surface area contributed by atoms with Crippen molar-refractivity contribution >= 4 is 17.6 Å². The van der Waals surface area contributed by atoms with Gasteiger partial charge in [0.15, 0.2) is 0 Å². The monoisotopic (exact) mass is 331 g/mol. The SMILES string of the molecule is CCC[C@H]1CCCN(C(=O)Nc2cccc(C(=O)NC)c2C)CC1. The fourth-order valence-electron chi connectivity index (χ4n) is 3.41. The molecule has 0 bridgehead atoms. The van der Waals surface area contributed by atoms with Crippen molar-refractivity contribution in [2.24, 2.45) is 5.92 Å². The van der Waals surface area contributed by atoms with Gasteiger partial charge in [0.25, 0.3) is 5.91 Å². The lowest BCUT2D eigenvalue weighted by Gasteiger charge is -2.22. The molecular formula is C19H29N3O2. The van der Waals surface area contributed by atoms with E-state index < -0.39 is 0 Å². The van der Waals surface area contributed by atoms with Crippen LogP contribution in [0.15, 0.2) is 18.2 Å². The minimum Gasteiger partial charge on any atom is -0.355 e. The lowest BCUT2D eigenvalue weighted by atomic mass is 9.96. The van der Waals surface area contributed by atoms with Crippen LogP contribution in [0.25, 0.3) is 0 Å². The van der Waals surface area contributed by atoms with Gasteiger partial charge in [0.05, 0.1) is 0 Å². The number of rotatable bonds is 4. The molecule has 0 spiro atoms. The Kier molecular flexibility index (Phi) is 6.64. The first-order valence-electron chi connectivity index (χ1n) is 8.94. The normalized spacial score (nSPS) is 18.0. The van der Waals surface area contributed by atoms with Gasteiger partial charge in [-0.05, 0) is 49.8 Å². The van der Waals surface area contributed by atoms with E-state index in [1.807, 2.05) is 17.9 Å². The highest BCUT2D eigenvalue weighted by atomic mass is 16.2. The van der Waals surface area contributed by atoms with Gasteiger partial charge in [0.2, 0.25) is 0 Å². The standard InChI is InChI=1S/C19H29N3O2/c1-4-7-15-8-6-12-22(13-11-15)19(24)21-17-10-5-9-16(14(17)2)18(23)20-3/h5,9-10,15H,4,6-8,11-13H2,1-3H3,(H,20,23)(H,21,24)/t15-/m0/s1. The van der Waals surface area contributed by atoms with E-state index >= 15 is 0 Å². The van der Waals surface area contributed by atoms with Crippen molar-refractivity contribution in [2.45, 2.75) is 46.0 Å². The van der Waals surface area contributed by atoms with Gasteiger partial charge < -0.3 is 15.5 Å². The van der Waals surface area contributed by atoms with Gasteiger partial charge in [-0.3, -0.25) is 4.79 Å². The molecular weight excluding hydrogens is 302 g/mol. The van der Waals surface area contributed by atoms with Crippen LogP contribution in [0.2, 0.25) is 0 Å². The topological polar surface area (TPSA) is 61.4 Å². The third-order valence-corrected chi connectivity index (χ3v) is 4.88. The molecule has 0 aromatic heterocycles. The molecule has 3 amide bonds. The van der Waals surface area contributed by atoms with Crippen molar-refractivity contribution < 1.29 is 9.59 Å². The third-order valence-electron chi connectivity index (χ3n) is 4.88. The average Bonchev–Trinajstić information content (AvgIpc) is 2.82. The largest absolute Gasteiger partial charge is 0.355 e. The summed E-state index contributed by atoms with van der Waals surface area (Å²) in [6.07, 6.45) is 5.82. The number of carbonyl (C=O) groups is 2. The number of amides is 3. The highest BCUT2D eigenvalue weighted by molar-refractivity contribution is 5.98. The van der Waals surface area contributed by atoms with Crippen molar-refractivity contribution in [1.29, 1.82) is 0 Å². The second-order valence-electron chi connectivity index (χ2n) is 6.56. The molecule has 1 aromatic rings. The third kappa shape index (κ3) is 4.49. The number of hydrogen-bond acceptors (Lipinski definition) is 2. The van der Waals surface area contributed by atoms with Crippen LogP contribution in [0.3, 0.4) is 0 Å². The number of nitrogens with one attached hydrogen (secondary N) is 2. The minimum absolute atomic E-state index is 0.0655. The van der Waals surface area contributed by atoms with E-state index in [0.717, 1.165) is 37.4 Å². The predicted molar refractivity (Wildman–Crippen MR) is 97.4 cm³/mol. The van der Waals surface area contributed by atoms with Gasteiger partial charge in [-0.25, -0.2) is 4.79 Å². The Balaban J connectivity index is 2.03. The van der Waals surface area contributed by atoms with Crippen molar-refractivity contribution in [3.63, 3.8) is 0 Å². The van der Waals surface area contributed by atoms with Crippen LogP contribution in [-0.4, -0.2) is 37.0 Å². The average molecular weight is 331 g/mol.